The minimum atomic E-state index is -0.0551. The summed E-state index contributed by atoms with van der Waals surface area (Å²) in [6, 6.07) is 10.1. The van der Waals surface area contributed by atoms with Gasteiger partial charge in [0.25, 0.3) is 0 Å². The standard InChI is InChI=1S/C17H20N2O2/c20-15(13-9-12(13)11-5-2-1-3-6-11)18-19-16(21)14-10-17(14)7-4-8-17/h1-3,5-6,12-14H,4,7-10H2,(H,18,20)(H,19,21). The minimum absolute atomic E-state index is 0.0000360. The molecule has 110 valence electrons. The maximum atomic E-state index is 12.1. The molecular formula is C17H20N2O2. The summed E-state index contributed by atoms with van der Waals surface area (Å²) < 4.78 is 0. The molecule has 3 atom stereocenters. The molecular weight excluding hydrogens is 264 g/mol. The quantitative estimate of drug-likeness (QED) is 0.835. The second-order valence-corrected chi connectivity index (χ2v) is 6.81. The molecule has 0 radical (unpaired) electrons. The Bertz CT molecular complexity index is 580. The Morgan fingerprint density at radius 1 is 1.05 bits per heavy atom. The molecule has 0 aromatic heterocycles. The molecule has 0 saturated heterocycles. The summed E-state index contributed by atoms with van der Waals surface area (Å²) in [7, 11) is 0. The second-order valence-electron chi connectivity index (χ2n) is 6.81. The maximum absolute atomic E-state index is 12.1. The number of rotatable bonds is 3. The van der Waals surface area contributed by atoms with Gasteiger partial charge in [0, 0.05) is 11.8 Å². The summed E-state index contributed by atoms with van der Waals surface area (Å²) in [5, 5.41) is 0. The highest BCUT2D eigenvalue weighted by Crippen LogP contribution is 2.65. The molecule has 4 nitrogen and oxygen atoms in total. The van der Waals surface area contributed by atoms with Crippen LogP contribution in [0.2, 0.25) is 0 Å². The third-order valence-corrected chi connectivity index (χ3v) is 5.52. The van der Waals surface area contributed by atoms with Gasteiger partial charge in [0.15, 0.2) is 0 Å². The van der Waals surface area contributed by atoms with Gasteiger partial charge in [0.1, 0.15) is 0 Å². The second kappa shape index (κ2) is 4.58. The molecule has 4 rings (SSSR count). The molecule has 2 amide bonds. The average molecular weight is 284 g/mol. The van der Waals surface area contributed by atoms with Gasteiger partial charge in [0.2, 0.25) is 11.8 Å². The van der Waals surface area contributed by atoms with Crippen LogP contribution in [-0.2, 0) is 9.59 Å². The zero-order valence-corrected chi connectivity index (χ0v) is 12.0. The molecule has 0 bridgehead atoms. The van der Waals surface area contributed by atoms with Crippen LogP contribution >= 0.6 is 0 Å². The summed E-state index contributed by atoms with van der Waals surface area (Å²) in [6.07, 6.45) is 5.48. The lowest BCUT2D eigenvalue weighted by atomic mass is 9.80. The van der Waals surface area contributed by atoms with E-state index in [-0.39, 0.29) is 23.7 Å². The first-order valence-electron chi connectivity index (χ1n) is 7.84. The van der Waals surface area contributed by atoms with E-state index in [2.05, 4.69) is 23.0 Å². The molecule has 1 spiro atoms. The van der Waals surface area contributed by atoms with Crippen LogP contribution < -0.4 is 10.9 Å². The summed E-state index contributed by atoms with van der Waals surface area (Å²) in [6.45, 7) is 0. The minimum Gasteiger partial charge on any atom is -0.273 e. The van der Waals surface area contributed by atoms with E-state index < -0.39 is 0 Å². The van der Waals surface area contributed by atoms with E-state index in [1.807, 2.05) is 18.2 Å². The molecule has 3 fully saturated rings. The average Bonchev–Trinajstić information content (AvgIpc) is 3.36. The fourth-order valence-electron chi connectivity index (χ4n) is 3.76. The third kappa shape index (κ3) is 2.23. The van der Waals surface area contributed by atoms with Crippen molar-refractivity contribution < 1.29 is 9.59 Å². The lowest BCUT2D eigenvalue weighted by Gasteiger charge is -2.26. The highest BCUT2D eigenvalue weighted by atomic mass is 16.2. The van der Waals surface area contributed by atoms with E-state index in [4.69, 9.17) is 0 Å². The monoisotopic (exact) mass is 284 g/mol. The predicted molar refractivity (Wildman–Crippen MR) is 78.0 cm³/mol. The Morgan fingerprint density at radius 3 is 2.38 bits per heavy atom. The molecule has 3 saturated carbocycles. The van der Waals surface area contributed by atoms with Crippen molar-refractivity contribution in [2.24, 2.45) is 17.3 Å². The number of benzene rings is 1. The molecule has 1 aromatic rings. The van der Waals surface area contributed by atoms with Crippen molar-refractivity contribution in [1.29, 1.82) is 0 Å². The van der Waals surface area contributed by atoms with Crippen LogP contribution in [0.3, 0.4) is 0 Å². The Labute approximate surface area is 124 Å². The van der Waals surface area contributed by atoms with Crippen molar-refractivity contribution in [3.05, 3.63) is 35.9 Å². The number of hydrogen-bond acceptors (Lipinski definition) is 2. The van der Waals surface area contributed by atoms with Crippen LogP contribution in [0.5, 0.6) is 0 Å². The molecule has 3 aliphatic rings. The summed E-state index contributed by atoms with van der Waals surface area (Å²) in [5.41, 5.74) is 6.75. The Morgan fingerprint density at radius 2 is 1.76 bits per heavy atom. The van der Waals surface area contributed by atoms with Gasteiger partial charge in [0.05, 0.1) is 0 Å². The van der Waals surface area contributed by atoms with Crippen LogP contribution in [0.4, 0.5) is 0 Å². The van der Waals surface area contributed by atoms with E-state index in [9.17, 15) is 9.59 Å². The first kappa shape index (κ1) is 12.9. The number of nitrogens with one attached hydrogen (secondary N) is 2. The summed E-state index contributed by atoms with van der Waals surface area (Å²) in [5.74, 6) is 0.391. The Kier molecular flexibility index (Phi) is 2.81. The topological polar surface area (TPSA) is 58.2 Å². The van der Waals surface area contributed by atoms with Crippen LogP contribution in [0.25, 0.3) is 0 Å². The van der Waals surface area contributed by atoms with Gasteiger partial charge in [-0.15, -0.1) is 0 Å². The van der Waals surface area contributed by atoms with Gasteiger partial charge < -0.3 is 0 Å². The van der Waals surface area contributed by atoms with Gasteiger partial charge in [-0.3, -0.25) is 20.4 Å². The first-order chi connectivity index (χ1) is 10.2. The number of hydrazine groups is 1. The van der Waals surface area contributed by atoms with Crippen LogP contribution in [-0.4, -0.2) is 11.8 Å². The van der Waals surface area contributed by atoms with E-state index in [1.54, 1.807) is 0 Å². The lowest BCUT2D eigenvalue weighted by molar-refractivity contribution is -0.131. The number of carbonyl (C=O) groups excluding carboxylic acids is 2. The highest BCUT2D eigenvalue weighted by molar-refractivity contribution is 5.88. The Balaban J connectivity index is 1.25. The number of amides is 2. The SMILES string of the molecule is O=C(NNC(=O)C1CC12CCC2)C1CC1c1ccccc1. The van der Waals surface area contributed by atoms with Crippen molar-refractivity contribution in [3.8, 4) is 0 Å². The predicted octanol–water partition coefficient (Wildman–Crippen LogP) is 2.13. The van der Waals surface area contributed by atoms with Gasteiger partial charge >= 0.3 is 0 Å². The third-order valence-electron chi connectivity index (χ3n) is 5.52. The molecule has 0 aliphatic heterocycles. The molecule has 1 aromatic carbocycles. The van der Waals surface area contributed by atoms with Crippen molar-refractivity contribution in [2.75, 3.05) is 0 Å². The Hall–Kier alpha value is -1.84. The number of carbonyl (C=O) groups is 2. The van der Waals surface area contributed by atoms with E-state index >= 15 is 0 Å². The molecule has 0 heterocycles. The van der Waals surface area contributed by atoms with Crippen LogP contribution in [0, 0.1) is 17.3 Å². The molecule has 3 unspecified atom stereocenters. The van der Waals surface area contributed by atoms with Gasteiger partial charge in [-0.25, -0.2) is 0 Å². The molecule has 21 heavy (non-hydrogen) atoms. The van der Waals surface area contributed by atoms with E-state index in [0.29, 0.717) is 11.3 Å². The zero-order valence-electron chi connectivity index (χ0n) is 12.0. The van der Waals surface area contributed by atoms with Gasteiger partial charge in [-0.1, -0.05) is 36.8 Å². The lowest BCUT2D eigenvalue weighted by Crippen LogP contribution is -2.44. The highest BCUT2D eigenvalue weighted by Gasteiger charge is 2.61. The summed E-state index contributed by atoms with van der Waals surface area (Å²) >= 11 is 0. The van der Waals surface area contributed by atoms with Crippen LogP contribution in [0.1, 0.15) is 43.6 Å². The molecule has 3 aliphatic carbocycles. The normalized spacial score (nSPS) is 31.1. The maximum Gasteiger partial charge on any atom is 0.242 e. The molecule has 2 N–H and O–H groups in total. The van der Waals surface area contributed by atoms with Crippen LogP contribution in [0.15, 0.2) is 30.3 Å². The fraction of sp³-hybridized carbons (Fsp3) is 0.529. The van der Waals surface area contributed by atoms with Crippen molar-refractivity contribution in [1.82, 2.24) is 10.9 Å². The van der Waals surface area contributed by atoms with E-state index in [0.717, 1.165) is 12.8 Å². The number of hydrogen-bond donors (Lipinski definition) is 2. The fourth-order valence-corrected chi connectivity index (χ4v) is 3.76. The molecule has 4 heteroatoms. The smallest absolute Gasteiger partial charge is 0.242 e. The van der Waals surface area contributed by atoms with Crippen molar-refractivity contribution in [2.45, 2.75) is 38.0 Å². The van der Waals surface area contributed by atoms with Crippen molar-refractivity contribution >= 4 is 11.8 Å². The van der Waals surface area contributed by atoms with Crippen molar-refractivity contribution in [3.63, 3.8) is 0 Å². The van der Waals surface area contributed by atoms with E-state index in [1.165, 1.54) is 24.8 Å². The largest absolute Gasteiger partial charge is 0.273 e. The zero-order chi connectivity index (χ0) is 14.4. The van der Waals surface area contributed by atoms with Gasteiger partial charge in [-0.05, 0) is 42.6 Å². The summed E-state index contributed by atoms with van der Waals surface area (Å²) in [4.78, 5) is 24.0. The van der Waals surface area contributed by atoms with Gasteiger partial charge in [-0.2, -0.15) is 0 Å². The first-order valence-corrected chi connectivity index (χ1v) is 7.84.